The molecule has 0 aliphatic carbocycles. The maximum atomic E-state index is 13.5. The largest absolute Gasteiger partial charge is 0.495 e. The van der Waals surface area contributed by atoms with Crippen LogP contribution in [-0.2, 0) is 0 Å². The number of ether oxygens (including phenoxy) is 2. The van der Waals surface area contributed by atoms with Gasteiger partial charge in [0.2, 0.25) is 0 Å². The molecular weight excluding hydrogens is 463 g/mol. The van der Waals surface area contributed by atoms with Gasteiger partial charge in [-0.3, -0.25) is 4.79 Å². The monoisotopic (exact) mass is 490 g/mol. The molecule has 1 saturated heterocycles. The van der Waals surface area contributed by atoms with Crippen LogP contribution in [0.5, 0.6) is 11.5 Å². The van der Waals surface area contributed by atoms with Crippen molar-refractivity contribution in [1.82, 2.24) is 14.9 Å². The molecule has 1 fully saturated rings. The number of halogens is 2. The van der Waals surface area contributed by atoms with Crippen molar-refractivity contribution in [2.75, 3.05) is 32.6 Å². The second-order valence-corrected chi connectivity index (χ2v) is 8.56. The number of methoxy groups -OCH3 is 2. The van der Waals surface area contributed by atoms with Gasteiger partial charge in [-0.1, -0.05) is 18.5 Å². The fraction of sp³-hybridized carbons (Fsp3) is 0.375. The van der Waals surface area contributed by atoms with Crippen molar-refractivity contribution in [2.45, 2.75) is 26.7 Å². The zero-order valence-electron chi connectivity index (χ0n) is 19.1. The molecule has 0 spiro atoms. The first-order valence-electron chi connectivity index (χ1n) is 10.7. The van der Waals surface area contributed by atoms with Crippen LogP contribution in [0.4, 0.5) is 11.4 Å². The van der Waals surface area contributed by atoms with Gasteiger partial charge in [-0.15, -0.1) is 12.4 Å². The van der Waals surface area contributed by atoms with Crippen LogP contribution >= 0.6 is 24.0 Å². The van der Waals surface area contributed by atoms with Crippen LogP contribution < -0.4 is 14.8 Å². The van der Waals surface area contributed by atoms with E-state index in [9.17, 15) is 4.79 Å². The molecule has 0 unspecified atom stereocenters. The van der Waals surface area contributed by atoms with E-state index in [0.717, 1.165) is 37.0 Å². The van der Waals surface area contributed by atoms with Crippen LogP contribution in [0.1, 0.15) is 35.8 Å². The lowest BCUT2D eigenvalue weighted by atomic mass is 9.98. The summed E-state index contributed by atoms with van der Waals surface area (Å²) in [5.74, 6) is 1.63. The molecule has 1 amide bonds. The van der Waals surface area contributed by atoms with Crippen LogP contribution in [0.3, 0.4) is 0 Å². The predicted octanol–water partition coefficient (Wildman–Crippen LogP) is 5.65. The number of hydrogen-bond donors (Lipinski definition) is 1. The van der Waals surface area contributed by atoms with Gasteiger partial charge in [-0.2, -0.15) is 0 Å². The summed E-state index contributed by atoms with van der Waals surface area (Å²) in [5, 5.41) is 4.57. The van der Waals surface area contributed by atoms with Crippen molar-refractivity contribution >= 4 is 52.3 Å². The molecule has 3 heterocycles. The van der Waals surface area contributed by atoms with E-state index in [0.29, 0.717) is 45.0 Å². The summed E-state index contributed by atoms with van der Waals surface area (Å²) in [7, 11) is 3.12. The minimum atomic E-state index is -0.0482. The fourth-order valence-electron chi connectivity index (χ4n) is 3.94. The van der Waals surface area contributed by atoms with Gasteiger partial charge in [-0.25, -0.2) is 9.97 Å². The molecule has 1 aliphatic heterocycles. The van der Waals surface area contributed by atoms with Gasteiger partial charge in [0.25, 0.3) is 5.91 Å². The number of piperidine rings is 1. The van der Waals surface area contributed by atoms with Gasteiger partial charge in [0.1, 0.15) is 11.5 Å². The second kappa shape index (κ2) is 10.4. The van der Waals surface area contributed by atoms with Crippen molar-refractivity contribution in [2.24, 2.45) is 5.92 Å². The Kier molecular flexibility index (Phi) is 7.87. The van der Waals surface area contributed by atoms with E-state index in [2.05, 4.69) is 22.2 Å². The van der Waals surface area contributed by atoms with E-state index in [1.165, 1.54) is 0 Å². The summed E-state index contributed by atoms with van der Waals surface area (Å²) in [6.45, 7) is 5.61. The number of anilines is 2. The molecule has 0 atom stereocenters. The summed E-state index contributed by atoms with van der Waals surface area (Å²) in [6, 6.07) is 7.28. The molecule has 1 aliphatic rings. The van der Waals surface area contributed by atoms with Gasteiger partial charge in [0, 0.05) is 36.4 Å². The van der Waals surface area contributed by atoms with Crippen LogP contribution in [0.2, 0.25) is 5.02 Å². The Labute approximate surface area is 204 Å². The highest BCUT2D eigenvalue weighted by atomic mass is 35.5. The first-order chi connectivity index (χ1) is 15.4. The van der Waals surface area contributed by atoms with Crippen molar-refractivity contribution < 1.29 is 14.3 Å². The smallest absolute Gasteiger partial charge is 0.257 e. The third-order valence-electron chi connectivity index (χ3n) is 5.90. The Morgan fingerprint density at radius 2 is 1.85 bits per heavy atom. The van der Waals surface area contributed by atoms with Crippen molar-refractivity contribution in [1.29, 1.82) is 0 Å². The number of hydrogen-bond acceptors (Lipinski definition) is 6. The highest BCUT2D eigenvalue weighted by Gasteiger charge is 2.25. The molecule has 4 rings (SSSR count). The molecule has 176 valence electrons. The SMILES string of the molecule is COc1cc(OC)c(Nc2c(C(=O)N3CCC(C)CC3)cnc3nc(C)ccc23)cc1Cl.Cl. The van der Waals surface area contributed by atoms with E-state index in [-0.39, 0.29) is 18.3 Å². The van der Waals surface area contributed by atoms with Gasteiger partial charge >= 0.3 is 0 Å². The van der Waals surface area contributed by atoms with E-state index in [1.54, 1.807) is 32.5 Å². The van der Waals surface area contributed by atoms with E-state index in [4.69, 9.17) is 21.1 Å². The van der Waals surface area contributed by atoms with Crippen molar-refractivity contribution in [3.05, 3.63) is 46.7 Å². The molecule has 7 nitrogen and oxygen atoms in total. The Bertz CT molecular complexity index is 1160. The Morgan fingerprint density at radius 1 is 1.15 bits per heavy atom. The topological polar surface area (TPSA) is 76.6 Å². The van der Waals surface area contributed by atoms with E-state index in [1.807, 2.05) is 24.0 Å². The number of carbonyl (C=O) groups is 1. The number of likely N-dealkylation sites (tertiary alicyclic amines) is 1. The van der Waals surface area contributed by atoms with E-state index >= 15 is 0 Å². The number of amides is 1. The Hall–Kier alpha value is -2.77. The number of nitrogens with one attached hydrogen (secondary N) is 1. The number of benzene rings is 1. The number of carbonyl (C=O) groups excluding carboxylic acids is 1. The standard InChI is InChI=1S/C24H27ClN4O3.ClH/c1-14-7-9-29(10-8-14)24(30)17-13-26-23-16(6-5-15(2)27-23)22(17)28-19-11-18(25)20(31-3)12-21(19)32-4;/h5-6,11-14H,7-10H2,1-4H3,(H,26,27,28);1H. The maximum Gasteiger partial charge on any atom is 0.257 e. The summed E-state index contributed by atoms with van der Waals surface area (Å²) in [4.78, 5) is 24.4. The Balaban J connectivity index is 0.00000306. The quantitative estimate of drug-likeness (QED) is 0.498. The summed E-state index contributed by atoms with van der Waals surface area (Å²) in [5.41, 5.74) is 3.16. The highest BCUT2D eigenvalue weighted by molar-refractivity contribution is 6.32. The second-order valence-electron chi connectivity index (χ2n) is 8.16. The third-order valence-corrected chi connectivity index (χ3v) is 6.20. The minimum absolute atomic E-state index is 0. The Morgan fingerprint density at radius 3 is 2.52 bits per heavy atom. The lowest BCUT2D eigenvalue weighted by Gasteiger charge is -2.31. The van der Waals surface area contributed by atoms with Crippen LogP contribution in [0, 0.1) is 12.8 Å². The van der Waals surface area contributed by atoms with Crippen LogP contribution in [0.25, 0.3) is 11.0 Å². The number of aryl methyl sites for hydroxylation is 1. The zero-order chi connectivity index (χ0) is 22.8. The van der Waals surface area contributed by atoms with E-state index < -0.39 is 0 Å². The molecule has 1 N–H and O–H groups in total. The number of aromatic nitrogens is 2. The van der Waals surface area contributed by atoms with Crippen molar-refractivity contribution in [3.63, 3.8) is 0 Å². The number of rotatable bonds is 5. The summed E-state index contributed by atoms with van der Waals surface area (Å²) in [6.07, 6.45) is 3.60. The normalized spacial score (nSPS) is 14.0. The molecular formula is C24H28Cl2N4O3. The number of pyridine rings is 2. The lowest BCUT2D eigenvalue weighted by molar-refractivity contribution is 0.0698. The van der Waals surface area contributed by atoms with Gasteiger partial charge < -0.3 is 19.7 Å². The molecule has 0 saturated carbocycles. The summed E-state index contributed by atoms with van der Waals surface area (Å²) < 4.78 is 10.9. The first-order valence-corrected chi connectivity index (χ1v) is 11.0. The van der Waals surface area contributed by atoms with Crippen LogP contribution in [0.15, 0.2) is 30.5 Å². The molecule has 0 radical (unpaired) electrons. The van der Waals surface area contributed by atoms with Gasteiger partial charge in [-0.05, 0) is 43.9 Å². The van der Waals surface area contributed by atoms with Crippen molar-refractivity contribution in [3.8, 4) is 11.5 Å². The molecule has 3 aromatic rings. The molecule has 2 aromatic heterocycles. The predicted molar refractivity (Wildman–Crippen MR) is 134 cm³/mol. The van der Waals surface area contributed by atoms with Gasteiger partial charge in [0.15, 0.2) is 5.65 Å². The number of fused-ring (bicyclic) bond motifs is 1. The third kappa shape index (κ3) is 5.09. The summed E-state index contributed by atoms with van der Waals surface area (Å²) >= 11 is 6.38. The number of nitrogens with zero attached hydrogens (tertiary/aromatic N) is 3. The molecule has 1 aromatic carbocycles. The molecule has 9 heteroatoms. The minimum Gasteiger partial charge on any atom is -0.495 e. The van der Waals surface area contributed by atoms with Gasteiger partial charge in [0.05, 0.1) is 36.2 Å². The first kappa shape index (κ1) is 24.9. The molecule has 0 bridgehead atoms. The van der Waals surface area contributed by atoms with Crippen LogP contribution in [-0.4, -0.2) is 48.1 Å². The maximum absolute atomic E-state index is 13.5. The zero-order valence-corrected chi connectivity index (χ0v) is 20.7. The average Bonchev–Trinajstić information content (AvgIpc) is 2.79. The lowest BCUT2D eigenvalue weighted by Crippen LogP contribution is -2.38. The molecule has 33 heavy (non-hydrogen) atoms. The fourth-order valence-corrected chi connectivity index (χ4v) is 4.18. The average molecular weight is 491 g/mol. The highest BCUT2D eigenvalue weighted by Crippen LogP contribution is 2.39.